The summed E-state index contributed by atoms with van der Waals surface area (Å²) in [6, 6.07) is 4.70. The summed E-state index contributed by atoms with van der Waals surface area (Å²) < 4.78 is 19.2. The van der Waals surface area contributed by atoms with Crippen molar-refractivity contribution in [2.75, 3.05) is 13.2 Å². The molecule has 1 aliphatic heterocycles. The van der Waals surface area contributed by atoms with Crippen molar-refractivity contribution in [3.05, 3.63) is 35.1 Å². The van der Waals surface area contributed by atoms with Gasteiger partial charge in [0, 0.05) is 5.41 Å². The van der Waals surface area contributed by atoms with Crippen molar-refractivity contribution in [3.8, 4) is 0 Å². The van der Waals surface area contributed by atoms with E-state index < -0.39 is 11.4 Å². The second-order valence-electron chi connectivity index (χ2n) is 5.68. The molecular weight excluding hydrogens is 235 g/mol. The van der Waals surface area contributed by atoms with E-state index >= 15 is 0 Å². The number of aliphatic carboxylic acids is 1. The van der Waals surface area contributed by atoms with Gasteiger partial charge in [0.1, 0.15) is 5.82 Å². The molecule has 0 aliphatic carbocycles. The van der Waals surface area contributed by atoms with Gasteiger partial charge in [-0.05, 0) is 31.0 Å². The number of carbonyl (C=O) groups is 1. The Balaban J connectivity index is 2.39. The van der Waals surface area contributed by atoms with Crippen LogP contribution in [0.5, 0.6) is 0 Å². The molecule has 0 radical (unpaired) electrons. The fraction of sp³-hybridized carbons (Fsp3) is 0.500. The summed E-state index contributed by atoms with van der Waals surface area (Å²) in [5.74, 6) is -1.32. The Morgan fingerprint density at radius 3 is 2.44 bits per heavy atom. The van der Waals surface area contributed by atoms with E-state index in [0.29, 0.717) is 24.3 Å². The largest absolute Gasteiger partial charge is 0.481 e. The number of ether oxygens (including phenoxy) is 1. The van der Waals surface area contributed by atoms with Gasteiger partial charge >= 0.3 is 5.97 Å². The van der Waals surface area contributed by atoms with Gasteiger partial charge in [0.05, 0.1) is 18.6 Å². The predicted molar refractivity (Wildman–Crippen MR) is 65.2 cm³/mol. The molecule has 0 unspecified atom stereocenters. The average molecular weight is 252 g/mol. The number of halogens is 1. The highest BCUT2D eigenvalue weighted by molar-refractivity contribution is 5.80. The van der Waals surface area contributed by atoms with Gasteiger partial charge in [-0.3, -0.25) is 4.79 Å². The van der Waals surface area contributed by atoms with Crippen molar-refractivity contribution in [1.29, 1.82) is 0 Å². The smallest absolute Gasteiger partial charge is 0.313 e. The molecule has 1 aromatic carbocycles. The minimum absolute atomic E-state index is 0.282. The van der Waals surface area contributed by atoms with E-state index in [9.17, 15) is 9.18 Å². The molecule has 3 nitrogen and oxygen atoms in total. The van der Waals surface area contributed by atoms with Crippen molar-refractivity contribution < 1.29 is 19.0 Å². The van der Waals surface area contributed by atoms with Crippen LogP contribution in [0.15, 0.2) is 18.2 Å². The first-order valence-corrected chi connectivity index (χ1v) is 5.89. The molecule has 98 valence electrons. The third kappa shape index (κ3) is 1.90. The van der Waals surface area contributed by atoms with Crippen LogP contribution in [0.25, 0.3) is 0 Å². The van der Waals surface area contributed by atoms with Crippen LogP contribution in [0, 0.1) is 5.82 Å². The molecule has 4 heteroatoms. The highest BCUT2D eigenvalue weighted by Gasteiger charge is 2.38. The summed E-state index contributed by atoms with van der Waals surface area (Å²) in [5, 5.41) is 9.13. The Morgan fingerprint density at radius 2 is 2.06 bits per heavy atom. The molecule has 1 saturated heterocycles. The van der Waals surface area contributed by atoms with Crippen LogP contribution in [0.1, 0.15) is 31.9 Å². The molecule has 0 amide bonds. The van der Waals surface area contributed by atoms with Crippen molar-refractivity contribution in [2.45, 2.75) is 31.6 Å². The first-order chi connectivity index (χ1) is 8.27. The number of hydrogen-bond donors (Lipinski definition) is 1. The quantitative estimate of drug-likeness (QED) is 0.899. The fourth-order valence-electron chi connectivity index (χ4n) is 2.08. The van der Waals surface area contributed by atoms with Crippen LogP contribution in [0.4, 0.5) is 4.39 Å². The molecule has 1 heterocycles. The zero-order valence-electron chi connectivity index (χ0n) is 10.8. The van der Waals surface area contributed by atoms with Gasteiger partial charge in [-0.25, -0.2) is 4.39 Å². The molecule has 18 heavy (non-hydrogen) atoms. The minimum atomic E-state index is -1.09. The lowest BCUT2D eigenvalue weighted by atomic mass is 9.78. The van der Waals surface area contributed by atoms with E-state index in [4.69, 9.17) is 9.84 Å². The minimum Gasteiger partial charge on any atom is -0.481 e. The highest BCUT2D eigenvalue weighted by atomic mass is 19.1. The Morgan fingerprint density at radius 1 is 1.44 bits per heavy atom. The highest BCUT2D eigenvalue weighted by Crippen LogP contribution is 2.35. The summed E-state index contributed by atoms with van der Waals surface area (Å²) in [7, 11) is 0. The van der Waals surface area contributed by atoms with Crippen molar-refractivity contribution >= 4 is 5.97 Å². The van der Waals surface area contributed by atoms with E-state index in [2.05, 4.69) is 0 Å². The van der Waals surface area contributed by atoms with Crippen LogP contribution in [-0.2, 0) is 20.4 Å². The van der Waals surface area contributed by atoms with Gasteiger partial charge in [-0.1, -0.05) is 19.1 Å². The van der Waals surface area contributed by atoms with Crippen LogP contribution in [0.3, 0.4) is 0 Å². The van der Waals surface area contributed by atoms with Crippen molar-refractivity contribution in [3.63, 3.8) is 0 Å². The molecule has 1 N–H and O–H groups in total. The van der Waals surface area contributed by atoms with Gasteiger partial charge in [-0.15, -0.1) is 0 Å². The zero-order chi connectivity index (χ0) is 13.6. The number of benzene rings is 1. The van der Waals surface area contributed by atoms with E-state index in [1.807, 2.05) is 6.92 Å². The molecule has 1 fully saturated rings. The second kappa shape index (κ2) is 4.05. The molecular formula is C14H17FO3. The number of carboxylic acid groups (broad SMARTS) is 1. The molecule has 0 saturated carbocycles. The maximum absolute atomic E-state index is 14.1. The maximum Gasteiger partial charge on any atom is 0.313 e. The fourth-order valence-corrected chi connectivity index (χ4v) is 2.08. The van der Waals surface area contributed by atoms with Gasteiger partial charge in [0.25, 0.3) is 0 Å². The predicted octanol–water partition coefficient (Wildman–Crippen LogP) is 2.48. The molecule has 0 aromatic heterocycles. The Kier molecular flexibility index (Phi) is 2.93. The molecule has 1 aromatic rings. The summed E-state index contributed by atoms with van der Waals surface area (Å²) in [4.78, 5) is 11.1. The third-order valence-electron chi connectivity index (χ3n) is 3.72. The number of rotatable bonds is 3. The molecule has 1 aliphatic rings. The lowest BCUT2D eigenvalue weighted by molar-refractivity contribution is -0.142. The topological polar surface area (TPSA) is 46.5 Å². The number of carboxylic acids is 1. The summed E-state index contributed by atoms with van der Waals surface area (Å²) in [6.07, 6.45) is 0. The van der Waals surface area contributed by atoms with Gasteiger partial charge in [-0.2, -0.15) is 0 Å². The summed E-state index contributed by atoms with van der Waals surface area (Å²) in [6.45, 7) is 6.09. The van der Waals surface area contributed by atoms with Crippen molar-refractivity contribution in [2.24, 2.45) is 0 Å². The Bertz CT molecular complexity index is 490. The SMILES string of the molecule is CC1(c2ccc(C(C)(C)C(=O)O)cc2F)COC1. The average Bonchev–Trinajstić information content (AvgIpc) is 2.25. The summed E-state index contributed by atoms with van der Waals surface area (Å²) in [5.41, 5.74) is -0.300. The van der Waals surface area contributed by atoms with Crippen LogP contribution in [-0.4, -0.2) is 24.3 Å². The Hall–Kier alpha value is -1.42. The first-order valence-electron chi connectivity index (χ1n) is 5.89. The van der Waals surface area contributed by atoms with E-state index in [1.165, 1.54) is 6.07 Å². The van der Waals surface area contributed by atoms with E-state index in [1.54, 1.807) is 26.0 Å². The summed E-state index contributed by atoms with van der Waals surface area (Å²) >= 11 is 0. The molecule has 0 spiro atoms. The number of hydrogen-bond acceptors (Lipinski definition) is 2. The molecule has 0 atom stereocenters. The third-order valence-corrected chi connectivity index (χ3v) is 3.72. The zero-order valence-corrected chi connectivity index (χ0v) is 10.8. The lowest BCUT2D eigenvalue weighted by Crippen LogP contribution is -2.44. The van der Waals surface area contributed by atoms with Crippen molar-refractivity contribution in [1.82, 2.24) is 0 Å². The normalized spacial score (nSPS) is 18.2. The van der Waals surface area contributed by atoms with Gasteiger partial charge < -0.3 is 9.84 Å². The van der Waals surface area contributed by atoms with Gasteiger partial charge in [0.2, 0.25) is 0 Å². The lowest BCUT2D eigenvalue weighted by Gasteiger charge is -2.39. The van der Waals surface area contributed by atoms with Crippen LogP contribution >= 0.6 is 0 Å². The first kappa shape index (κ1) is 13.0. The van der Waals surface area contributed by atoms with Gasteiger partial charge in [0.15, 0.2) is 0 Å². The monoisotopic (exact) mass is 252 g/mol. The molecule has 0 bridgehead atoms. The van der Waals surface area contributed by atoms with E-state index in [0.717, 1.165) is 0 Å². The molecule has 2 rings (SSSR count). The standard InChI is InChI=1S/C14H17FO3/c1-13(2,12(16)17)9-4-5-10(11(15)6-9)14(3)7-18-8-14/h4-6H,7-8H2,1-3H3,(H,16,17). The maximum atomic E-state index is 14.1. The van der Waals surface area contributed by atoms with Crippen LogP contribution < -0.4 is 0 Å². The Labute approximate surface area is 106 Å². The van der Waals surface area contributed by atoms with E-state index in [-0.39, 0.29) is 11.2 Å². The second-order valence-corrected chi connectivity index (χ2v) is 5.68. The van der Waals surface area contributed by atoms with Crippen LogP contribution in [0.2, 0.25) is 0 Å².